The molecule has 0 radical (unpaired) electrons. The number of carboxylic acid groups (broad SMARTS) is 4. The Kier molecular flexibility index (Phi) is 22.0. The van der Waals surface area contributed by atoms with Gasteiger partial charge in [-0.2, -0.15) is 0 Å². The standard InChI is InChI=1S/C22H40N4O3S.2C2H2O4/c1-5-24(6-2)16-12-17-26(22(27)23-15-18-25(7-3)8-4)19-20-30(28,29)21-13-10-9-11-14-21;2*3-1(4)2(5)6/h9-11,13-14H,5-8,12,15-20H2,1-4H3,(H,23,27);2*(H,3,4)(H,5,6). The lowest BCUT2D eigenvalue weighted by atomic mass is 10.3. The number of rotatable bonds is 15. The van der Waals surface area contributed by atoms with Gasteiger partial charge in [0.2, 0.25) is 0 Å². The molecule has 0 aliphatic rings. The molecule has 0 heterocycles. The maximum atomic E-state index is 12.8. The molecule has 0 aliphatic heterocycles. The van der Waals surface area contributed by atoms with Crippen LogP contribution in [0.2, 0.25) is 0 Å². The number of aliphatic carboxylic acids is 4. The van der Waals surface area contributed by atoms with E-state index >= 15 is 0 Å². The third-order valence-electron chi connectivity index (χ3n) is 5.78. The number of sulfone groups is 1. The van der Waals surface area contributed by atoms with Gasteiger partial charge >= 0.3 is 29.9 Å². The lowest BCUT2D eigenvalue weighted by molar-refractivity contribution is -0.159. The molecular weight excluding hydrogens is 576 g/mol. The molecular formula is C26H44N4O11S. The highest BCUT2D eigenvalue weighted by Gasteiger charge is 2.19. The molecule has 16 heteroatoms. The van der Waals surface area contributed by atoms with Crippen LogP contribution in [0.5, 0.6) is 0 Å². The summed E-state index contributed by atoms with van der Waals surface area (Å²) in [6.45, 7) is 15.2. The first-order valence-corrected chi connectivity index (χ1v) is 15.0. The monoisotopic (exact) mass is 620 g/mol. The van der Waals surface area contributed by atoms with Crippen LogP contribution in [0, 0.1) is 0 Å². The molecule has 42 heavy (non-hydrogen) atoms. The predicted octanol–water partition coefficient (Wildman–Crippen LogP) is 0.857. The second-order valence-electron chi connectivity index (χ2n) is 8.48. The lowest BCUT2D eigenvalue weighted by Crippen LogP contribution is -2.45. The predicted molar refractivity (Wildman–Crippen MR) is 154 cm³/mol. The summed E-state index contributed by atoms with van der Waals surface area (Å²) in [6, 6.07) is 8.24. The van der Waals surface area contributed by atoms with Crippen molar-refractivity contribution in [1.29, 1.82) is 0 Å². The average Bonchev–Trinajstić information content (AvgIpc) is 2.96. The van der Waals surface area contributed by atoms with Gasteiger partial charge < -0.3 is 40.4 Å². The van der Waals surface area contributed by atoms with Crippen molar-refractivity contribution in [2.24, 2.45) is 0 Å². The summed E-state index contributed by atoms with van der Waals surface area (Å²) in [7, 11) is -3.42. The van der Waals surface area contributed by atoms with Crippen molar-refractivity contribution in [1.82, 2.24) is 20.0 Å². The van der Waals surface area contributed by atoms with E-state index in [0.717, 1.165) is 45.7 Å². The van der Waals surface area contributed by atoms with E-state index in [2.05, 4.69) is 42.8 Å². The molecule has 15 nitrogen and oxygen atoms in total. The maximum absolute atomic E-state index is 12.8. The van der Waals surface area contributed by atoms with E-state index in [-0.39, 0.29) is 18.3 Å². The summed E-state index contributed by atoms with van der Waals surface area (Å²) in [5, 5.41) is 32.5. The van der Waals surface area contributed by atoms with Gasteiger partial charge in [-0.15, -0.1) is 0 Å². The molecule has 1 rings (SSSR count). The van der Waals surface area contributed by atoms with Crippen molar-refractivity contribution >= 4 is 39.7 Å². The van der Waals surface area contributed by atoms with Gasteiger partial charge in [-0.05, 0) is 51.3 Å². The highest BCUT2D eigenvalue weighted by Crippen LogP contribution is 2.10. The van der Waals surface area contributed by atoms with Gasteiger partial charge in [0.15, 0.2) is 9.84 Å². The first kappa shape index (κ1) is 40.4. The third-order valence-corrected chi connectivity index (χ3v) is 7.49. The highest BCUT2D eigenvalue weighted by molar-refractivity contribution is 7.91. The molecule has 0 aromatic heterocycles. The summed E-state index contributed by atoms with van der Waals surface area (Å²) in [6.07, 6.45) is 0.816. The Morgan fingerprint density at radius 1 is 0.667 bits per heavy atom. The van der Waals surface area contributed by atoms with Crippen LogP contribution in [0.25, 0.3) is 0 Å². The second-order valence-corrected chi connectivity index (χ2v) is 10.6. The van der Waals surface area contributed by atoms with E-state index in [1.807, 2.05) is 0 Å². The molecule has 240 valence electrons. The van der Waals surface area contributed by atoms with E-state index < -0.39 is 33.7 Å². The number of amides is 2. The molecule has 1 aromatic rings. The Bertz CT molecular complexity index is 1010. The Hall–Kier alpha value is -3.76. The van der Waals surface area contributed by atoms with Crippen LogP contribution in [-0.2, 0) is 29.0 Å². The fourth-order valence-corrected chi connectivity index (χ4v) is 4.56. The summed E-state index contributed by atoms with van der Waals surface area (Å²) in [5.41, 5.74) is 0. The molecule has 0 unspecified atom stereocenters. The van der Waals surface area contributed by atoms with Crippen molar-refractivity contribution in [3.63, 3.8) is 0 Å². The van der Waals surface area contributed by atoms with E-state index in [1.165, 1.54) is 0 Å². The third kappa shape index (κ3) is 19.3. The summed E-state index contributed by atoms with van der Waals surface area (Å²) in [4.78, 5) is 55.6. The van der Waals surface area contributed by atoms with Crippen LogP contribution in [0.4, 0.5) is 4.79 Å². The van der Waals surface area contributed by atoms with Gasteiger partial charge in [0.25, 0.3) is 0 Å². The number of carbonyl (C=O) groups excluding carboxylic acids is 1. The topological polar surface area (TPSA) is 222 Å². The quantitative estimate of drug-likeness (QED) is 0.172. The minimum Gasteiger partial charge on any atom is -0.473 e. The zero-order valence-electron chi connectivity index (χ0n) is 24.6. The van der Waals surface area contributed by atoms with Gasteiger partial charge in [-0.1, -0.05) is 45.9 Å². The first-order valence-electron chi connectivity index (χ1n) is 13.3. The maximum Gasteiger partial charge on any atom is 0.414 e. The minimum absolute atomic E-state index is 0.0776. The van der Waals surface area contributed by atoms with Crippen molar-refractivity contribution in [2.75, 3.05) is 64.7 Å². The Morgan fingerprint density at radius 2 is 1.10 bits per heavy atom. The largest absolute Gasteiger partial charge is 0.473 e. The van der Waals surface area contributed by atoms with Crippen LogP contribution in [0.1, 0.15) is 34.1 Å². The van der Waals surface area contributed by atoms with Gasteiger partial charge in [0.05, 0.1) is 10.6 Å². The van der Waals surface area contributed by atoms with Crippen LogP contribution >= 0.6 is 0 Å². The van der Waals surface area contributed by atoms with Crippen molar-refractivity contribution in [3.8, 4) is 0 Å². The van der Waals surface area contributed by atoms with E-state index in [4.69, 9.17) is 39.6 Å². The number of benzene rings is 1. The Morgan fingerprint density at radius 3 is 1.50 bits per heavy atom. The fourth-order valence-electron chi connectivity index (χ4n) is 3.29. The minimum atomic E-state index is -3.42. The van der Waals surface area contributed by atoms with Crippen LogP contribution in [0.15, 0.2) is 35.2 Å². The summed E-state index contributed by atoms with van der Waals surface area (Å²) < 4.78 is 25.3. The Balaban J connectivity index is 0. The number of hydrogen-bond acceptors (Lipinski definition) is 9. The zero-order chi connectivity index (χ0) is 32.7. The molecule has 0 fully saturated rings. The molecule has 0 saturated heterocycles. The Labute approximate surface area is 246 Å². The molecule has 0 atom stereocenters. The number of nitrogens with one attached hydrogen (secondary N) is 1. The fraction of sp³-hybridized carbons (Fsp3) is 0.577. The molecule has 1 aromatic carbocycles. The molecule has 2 amide bonds. The van der Waals surface area contributed by atoms with Gasteiger partial charge in [0.1, 0.15) is 0 Å². The van der Waals surface area contributed by atoms with E-state index in [9.17, 15) is 13.2 Å². The number of urea groups is 1. The zero-order valence-corrected chi connectivity index (χ0v) is 25.4. The van der Waals surface area contributed by atoms with E-state index in [0.29, 0.717) is 18.0 Å². The average molecular weight is 621 g/mol. The van der Waals surface area contributed by atoms with Gasteiger partial charge in [-0.3, -0.25) is 0 Å². The first-order chi connectivity index (χ1) is 19.7. The van der Waals surface area contributed by atoms with Gasteiger partial charge in [0, 0.05) is 26.2 Å². The molecule has 0 bridgehead atoms. The number of hydrogen-bond donors (Lipinski definition) is 5. The SMILES string of the molecule is CCN(CC)CCCN(CCS(=O)(=O)c1ccccc1)C(=O)NCCN(CC)CC.O=C(O)C(=O)O.O=C(O)C(=O)O. The normalized spacial score (nSPS) is 10.5. The lowest BCUT2D eigenvalue weighted by Gasteiger charge is -2.26. The van der Waals surface area contributed by atoms with Crippen molar-refractivity contribution in [2.45, 2.75) is 39.0 Å². The molecule has 0 aliphatic carbocycles. The smallest absolute Gasteiger partial charge is 0.414 e. The van der Waals surface area contributed by atoms with Crippen LogP contribution < -0.4 is 5.32 Å². The second kappa shape index (κ2) is 22.9. The van der Waals surface area contributed by atoms with E-state index in [1.54, 1.807) is 35.2 Å². The van der Waals surface area contributed by atoms with Gasteiger partial charge in [-0.25, -0.2) is 32.4 Å². The molecule has 5 N–H and O–H groups in total. The number of carboxylic acids is 4. The highest BCUT2D eigenvalue weighted by atomic mass is 32.2. The van der Waals surface area contributed by atoms with Crippen molar-refractivity contribution in [3.05, 3.63) is 30.3 Å². The number of nitrogens with zero attached hydrogens (tertiary/aromatic N) is 3. The number of likely N-dealkylation sites (N-methyl/N-ethyl adjacent to an activating group) is 1. The molecule has 0 saturated carbocycles. The summed E-state index contributed by atoms with van der Waals surface area (Å²) in [5.74, 6) is -7.37. The molecule has 0 spiro atoms. The van der Waals surface area contributed by atoms with Crippen molar-refractivity contribution < 1.29 is 52.8 Å². The number of carbonyl (C=O) groups is 5. The van der Waals surface area contributed by atoms with Crippen LogP contribution in [0.3, 0.4) is 0 Å². The van der Waals surface area contributed by atoms with Crippen LogP contribution in [-0.4, -0.2) is 138 Å². The summed E-state index contributed by atoms with van der Waals surface area (Å²) >= 11 is 0.